The van der Waals surface area contributed by atoms with E-state index in [1.165, 1.54) is 11.3 Å². The largest absolute Gasteiger partial charge is 0.457 e. The van der Waals surface area contributed by atoms with E-state index in [1.807, 2.05) is 48.5 Å². The molecule has 0 aliphatic carbocycles. The number of hydrogen-bond donors (Lipinski definition) is 1. The Morgan fingerprint density at radius 1 is 0.960 bits per heavy atom. The molecule has 4 aromatic rings. The van der Waals surface area contributed by atoms with Gasteiger partial charge < -0.3 is 4.74 Å². The topological polar surface area (TPSA) is 64.1 Å². The Morgan fingerprint density at radius 2 is 1.76 bits per heavy atom. The van der Waals surface area contributed by atoms with Crippen molar-refractivity contribution in [1.82, 2.24) is 9.97 Å². The molecular formula is C19H13N3O2S. The summed E-state index contributed by atoms with van der Waals surface area (Å²) in [6.07, 6.45) is 3.17. The van der Waals surface area contributed by atoms with Crippen LogP contribution in [0.2, 0.25) is 0 Å². The first-order valence-corrected chi connectivity index (χ1v) is 8.44. The molecule has 0 radical (unpaired) electrons. The zero-order valence-corrected chi connectivity index (χ0v) is 13.9. The third-order valence-corrected chi connectivity index (χ3v) is 4.44. The Labute approximate surface area is 147 Å². The normalized spacial score (nSPS) is 10.6. The highest BCUT2D eigenvalue weighted by molar-refractivity contribution is 7.22. The number of ether oxygens (including phenoxy) is 1. The molecule has 4 rings (SSSR count). The molecule has 0 spiro atoms. The molecule has 0 fully saturated rings. The summed E-state index contributed by atoms with van der Waals surface area (Å²) in [4.78, 5) is 20.6. The Hall–Kier alpha value is -3.25. The molecule has 0 unspecified atom stereocenters. The molecular weight excluding hydrogens is 334 g/mol. The van der Waals surface area contributed by atoms with Gasteiger partial charge in [0.25, 0.3) is 5.91 Å². The molecule has 1 N–H and O–H groups in total. The fraction of sp³-hybridized carbons (Fsp3) is 0. The van der Waals surface area contributed by atoms with Crippen LogP contribution in [-0.4, -0.2) is 15.9 Å². The summed E-state index contributed by atoms with van der Waals surface area (Å²) in [5, 5.41) is 3.37. The van der Waals surface area contributed by atoms with Crippen molar-refractivity contribution in [3.8, 4) is 11.5 Å². The second-order valence-corrected chi connectivity index (χ2v) is 6.28. The third kappa shape index (κ3) is 3.49. The summed E-state index contributed by atoms with van der Waals surface area (Å²) in [7, 11) is 0. The molecule has 0 bridgehead atoms. The van der Waals surface area contributed by atoms with E-state index in [9.17, 15) is 4.79 Å². The number of nitrogens with zero attached hydrogens (tertiary/aromatic N) is 2. The second kappa shape index (κ2) is 6.70. The first-order chi connectivity index (χ1) is 12.3. The zero-order valence-electron chi connectivity index (χ0n) is 13.0. The van der Waals surface area contributed by atoms with Gasteiger partial charge in [-0.1, -0.05) is 29.5 Å². The Morgan fingerprint density at radius 3 is 2.56 bits per heavy atom. The number of thiazole rings is 1. The number of aromatic nitrogens is 2. The van der Waals surface area contributed by atoms with Crippen LogP contribution >= 0.6 is 11.3 Å². The van der Waals surface area contributed by atoms with Crippen LogP contribution in [-0.2, 0) is 0 Å². The molecule has 1 amide bonds. The number of carbonyl (C=O) groups is 1. The number of anilines is 1. The van der Waals surface area contributed by atoms with E-state index < -0.39 is 0 Å². The highest BCUT2D eigenvalue weighted by Crippen LogP contribution is 2.31. The van der Waals surface area contributed by atoms with E-state index in [-0.39, 0.29) is 5.91 Å². The van der Waals surface area contributed by atoms with E-state index in [4.69, 9.17) is 4.74 Å². The van der Waals surface area contributed by atoms with E-state index in [2.05, 4.69) is 15.3 Å². The van der Waals surface area contributed by atoms with E-state index >= 15 is 0 Å². The van der Waals surface area contributed by atoms with Crippen LogP contribution < -0.4 is 10.1 Å². The average Bonchev–Trinajstić information content (AvgIpc) is 3.05. The molecule has 6 heteroatoms. The Kier molecular flexibility index (Phi) is 4.10. The molecule has 0 saturated heterocycles. The van der Waals surface area contributed by atoms with Crippen LogP contribution in [0.25, 0.3) is 10.2 Å². The highest BCUT2D eigenvalue weighted by Gasteiger charge is 2.10. The predicted molar refractivity (Wildman–Crippen MR) is 98.3 cm³/mol. The minimum atomic E-state index is -0.206. The van der Waals surface area contributed by atoms with Crippen molar-refractivity contribution in [2.24, 2.45) is 0 Å². The summed E-state index contributed by atoms with van der Waals surface area (Å²) in [5.74, 6) is 1.30. The van der Waals surface area contributed by atoms with Crippen molar-refractivity contribution in [3.05, 3.63) is 78.6 Å². The van der Waals surface area contributed by atoms with Crippen molar-refractivity contribution in [3.63, 3.8) is 0 Å². The summed E-state index contributed by atoms with van der Waals surface area (Å²) < 4.78 is 6.77. The zero-order chi connectivity index (χ0) is 17.1. The third-order valence-electron chi connectivity index (χ3n) is 3.50. The monoisotopic (exact) mass is 347 g/mol. The highest BCUT2D eigenvalue weighted by atomic mass is 32.1. The van der Waals surface area contributed by atoms with Crippen molar-refractivity contribution >= 4 is 32.6 Å². The van der Waals surface area contributed by atoms with Crippen LogP contribution in [0.1, 0.15) is 10.4 Å². The number of nitrogens with one attached hydrogen (secondary N) is 1. The van der Waals surface area contributed by atoms with Gasteiger partial charge in [-0.2, -0.15) is 0 Å². The molecule has 0 aliphatic rings. The van der Waals surface area contributed by atoms with Crippen LogP contribution in [0.3, 0.4) is 0 Å². The lowest BCUT2D eigenvalue weighted by Gasteiger charge is -2.04. The number of hydrogen-bond acceptors (Lipinski definition) is 5. The molecule has 122 valence electrons. The molecule has 2 aromatic heterocycles. The minimum absolute atomic E-state index is 0.206. The lowest BCUT2D eigenvalue weighted by atomic mass is 10.2. The van der Waals surface area contributed by atoms with Gasteiger partial charge in [-0.25, -0.2) is 4.98 Å². The standard InChI is InChI=1S/C19H13N3O2S/c23-18(13-8-10-20-11-9-13)22-19-21-16-7-6-15(12-17(16)25-19)24-14-4-2-1-3-5-14/h1-12H,(H,21,22,23). The van der Waals surface area contributed by atoms with E-state index in [0.717, 1.165) is 21.7 Å². The van der Waals surface area contributed by atoms with Gasteiger partial charge in [0.2, 0.25) is 0 Å². The summed E-state index contributed by atoms with van der Waals surface area (Å²) >= 11 is 1.41. The molecule has 5 nitrogen and oxygen atoms in total. The first kappa shape index (κ1) is 15.3. The maximum Gasteiger partial charge on any atom is 0.257 e. The van der Waals surface area contributed by atoms with Gasteiger partial charge in [0.15, 0.2) is 5.13 Å². The lowest BCUT2D eigenvalue weighted by Crippen LogP contribution is -2.11. The van der Waals surface area contributed by atoms with Gasteiger partial charge in [0.1, 0.15) is 11.5 Å². The number of para-hydroxylation sites is 1. The Balaban J connectivity index is 1.55. The smallest absolute Gasteiger partial charge is 0.257 e. The van der Waals surface area contributed by atoms with Gasteiger partial charge in [0, 0.05) is 24.0 Å². The molecule has 0 saturated carbocycles. The summed E-state index contributed by atoms with van der Waals surface area (Å²) in [5.41, 5.74) is 1.36. The van der Waals surface area contributed by atoms with Gasteiger partial charge in [-0.05, 0) is 36.4 Å². The molecule has 2 heterocycles. The molecule has 0 aliphatic heterocycles. The quantitative estimate of drug-likeness (QED) is 0.579. The average molecular weight is 347 g/mol. The fourth-order valence-electron chi connectivity index (χ4n) is 2.32. The van der Waals surface area contributed by atoms with Gasteiger partial charge >= 0.3 is 0 Å². The summed E-state index contributed by atoms with van der Waals surface area (Å²) in [6.45, 7) is 0. The van der Waals surface area contributed by atoms with Crippen LogP contribution in [0, 0.1) is 0 Å². The first-order valence-electron chi connectivity index (χ1n) is 7.63. The van der Waals surface area contributed by atoms with Gasteiger partial charge in [-0.15, -0.1) is 0 Å². The summed E-state index contributed by atoms with van der Waals surface area (Å²) in [6, 6.07) is 18.6. The number of pyridine rings is 1. The lowest BCUT2D eigenvalue weighted by molar-refractivity contribution is 0.102. The number of benzene rings is 2. The maximum atomic E-state index is 12.2. The fourth-order valence-corrected chi connectivity index (χ4v) is 3.21. The van der Waals surface area contributed by atoms with Crippen LogP contribution in [0.15, 0.2) is 73.1 Å². The predicted octanol–water partition coefficient (Wildman–Crippen LogP) is 4.74. The maximum absolute atomic E-state index is 12.2. The van der Waals surface area contributed by atoms with Crippen molar-refractivity contribution in [2.45, 2.75) is 0 Å². The number of carbonyl (C=O) groups excluding carboxylic acids is 1. The van der Waals surface area contributed by atoms with Crippen LogP contribution in [0.5, 0.6) is 11.5 Å². The van der Waals surface area contributed by atoms with Gasteiger partial charge in [0.05, 0.1) is 10.2 Å². The second-order valence-electron chi connectivity index (χ2n) is 5.25. The minimum Gasteiger partial charge on any atom is -0.457 e. The van der Waals surface area contributed by atoms with Gasteiger partial charge in [-0.3, -0.25) is 15.1 Å². The van der Waals surface area contributed by atoms with Crippen LogP contribution in [0.4, 0.5) is 5.13 Å². The van der Waals surface area contributed by atoms with E-state index in [0.29, 0.717) is 10.7 Å². The Bertz CT molecular complexity index is 1020. The van der Waals surface area contributed by atoms with Crippen molar-refractivity contribution < 1.29 is 9.53 Å². The molecule has 0 atom stereocenters. The molecule has 2 aromatic carbocycles. The van der Waals surface area contributed by atoms with Crippen molar-refractivity contribution in [1.29, 1.82) is 0 Å². The van der Waals surface area contributed by atoms with Crippen molar-refractivity contribution in [2.75, 3.05) is 5.32 Å². The van der Waals surface area contributed by atoms with E-state index in [1.54, 1.807) is 24.5 Å². The number of fused-ring (bicyclic) bond motifs is 1. The number of rotatable bonds is 4. The number of amides is 1. The SMILES string of the molecule is O=C(Nc1nc2ccc(Oc3ccccc3)cc2s1)c1ccncc1. The molecule has 25 heavy (non-hydrogen) atoms.